The lowest BCUT2D eigenvalue weighted by atomic mass is 10.1. The Morgan fingerprint density at radius 3 is 2.62 bits per heavy atom. The van der Waals surface area contributed by atoms with Crippen LogP contribution in [0.5, 0.6) is 0 Å². The number of pyridine rings is 1. The van der Waals surface area contributed by atoms with Crippen molar-refractivity contribution in [1.29, 1.82) is 0 Å². The van der Waals surface area contributed by atoms with Crippen molar-refractivity contribution in [3.05, 3.63) is 71.7 Å². The number of aromatic nitrogens is 3. The zero-order chi connectivity index (χ0) is 20.4. The van der Waals surface area contributed by atoms with Crippen LogP contribution in [0.15, 0.2) is 54.9 Å². The summed E-state index contributed by atoms with van der Waals surface area (Å²) in [6, 6.07) is 12.7. The topological polar surface area (TPSA) is 103 Å². The van der Waals surface area contributed by atoms with E-state index in [9.17, 15) is 9.59 Å². The maximum atomic E-state index is 12.7. The van der Waals surface area contributed by atoms with Gasteiger partial charge in [-0.2, -0.15) is 5.10 Å². The SMILES string of the molecule is Cn1cc(C(=O)N2CCO[C@@H](c3cccc(-c4ccc(C(N)=O)cc4)n3)C2)cn1. The highest BCUT2D eigenvalue weighted by Gasteiger charge is 2.27. The van der Waals surface area contributed by atoms with E-state index >= 15 is 0 Å². The van der Waals surface area contributed by atoms with Crippen molar-refractivity contribution in [2.24, 2.45) is 12.8 Å². The van der Waals surface area contributed by atoms with Crippen LogP contribution < -0.4 is 5.73 Å². The Hall–Kier alpha value is -3.52. The second kappa shape index (κ2) is 7.84. The Labute approximate surface area is 167 Å². The van der Waals surface area contributed by atoms with Gasteiger partial charge in [-0.05, 0) is 24.3 Å². The lowest BCUT2D eigenvalue weighted by molar-refractivity contribution is -0.0246. The summed E-state index contributed by atoms with van der Waals surface area (Å²) in [7, 11) is 1.78. The number of morpholine rings is 1. The molecule has 3 heterocycles. The fourth-order valence-corrected chi connectivity index (χ4v) is 3.32. The molecule has 0 unspecified atom stereocenters. The quantitative estimate of drug-likeness (QED) is 0.730. The third-order valence-electron chi connectivity index (χ3n) is 4.87. The molecule has 29 heavy (non-hydrogen) atoms. The molecule has 1 aliphatic heterocycles. The summed E-state index contributed by atoms with van der Waals surface area (Å²) in [5.41, 5.74) is 8.69. The van der Waals surface area contributed by atoms with E-state index in [0.29, 0.717) is 30.8 Å². The molecule has 2 aromatic heterocycles. The third-order valence-corrected chi connectivity index (χ3v) is 4.87. The highest BCUT2D eigenvalue weighted by molar-refractivity contribution is 5.94. The maximum Gasteiger partial charge on any atom is 0.257 e. The maximum absolute atomic E-state index is 12.7. The van der Waals surface area contributed by atoms with Crippen LogP contribution in [-0.4, -0.2) is 51.2 Å². The van der Waals surface area contributed by atoms with Crippen LogP contribution in [0, 0.1) is 0 Å². The average molecular weight is 391 g/mol. The number of amides is 2. The van der Waals surface area contributed by atoms with Gasteiger partial charge in [-0.3, -0.25) is 14.3 Å². The van der Waals surface area contributed by atoms with Crippen LogP contribution in [-0.2, 0) is 11.8 Å². The predicted molar refractivity (Wildman–Crippen MR) is 106 cm³/mol. The number of hydrogen-bond donors (Lipinski definition) is 1. The molecular formula is C21H21N5O3. The summed E-state index contributed by atoms with van der Waals surface area (Å²) in [5, 5.41) is 4.07. The van der Waals surface area contributed by atoms with Gasteiger partial charge in [-0.15, -0.1) is 0 Å². The van der Waals surface area contributed by atoms with Gasteiger partial charge >= 0.3 is 0 Å². The first kappa shape index (κ1) is 18.8. The molecule has 2 amide bonds. The molecule has 148 valence electrons. The minimum absolute atomic E-state index is 0.0652. The van der Waals surface area contributed by atoms with E-state index in [4.69, 9.17) is 15.5 Å². The summed E-state index contributed by atoms with van der Waals surface area (Å²) >= 11 is 0. The van der Waals surface area contributed by atoms with E-state index < -0.39 is 5.91 Å². The molecular weight excluding hydrogens is 370 g/mol. The molecule has 1 atom stereocenters. The Bertz CT molecular complexity index is 1040. The number of ether oxygens (including phenoxy) is 1. The lowest BCUT2D eigenvalue weighted by Gasteiger charge is -2.32. The average Bonchev–Trinajstić information content (AvgIpc) is 3.20. The van der Waals surface area contributed by atoms with Crippen LogP contribution in [0.3, 0.4) is 0 Å². The molecule has 0 radical (unpaired) electrons. The van der Waals surface area contributed by atoms with Gasteiger partial charge in [-0.1, -0.05) is 18.2 Å². The van der Waals surface area contributed by atoms with Crippen molar-refractivity contribution in [3.63, 3.8) is 0 Å². The van der Waals surface area contributed by atoms with Crippen molar-refractivity contribution < 1.29 is 14.3 Å². The van der Waals surface area contributed by atoms with Crippen LogP contribution in [0.2, 0.25) is 0 Å². The molecule has 4 rings (SSSR count). The summed E-state index contributed by atoms with van der Waals surface area (Å²) in [5.74, 6) is -0.531. The Morgan fingerprint density at radius 1 is 1.14 bits per heavy atom. The van der Waals surface area contributed by atoms with Crippen molar-refractivity contribution in [3.8, 4) is 11.3 Å². The van der Waals surface area contributed by atoms with Gasteiger partial charge < -0.3 is 15.4 Å². The number of carbonyl (C=O) groups is 2. The number of carbonyl (C=O) groups excluding carboxylic acids is 2. The molecule has 8 heteroatoms. The van der Waals surface area contributed by atoms with E-state index in [0.717, 1.165) is 17.0 Å². The zero-order valence-corrected chi connectivity index (χ0v) is 16.0. The molecule has 1 aromatic carbocycles. The molecule has 0 spiro atoms. The summed E-state index contributed by atoms with van der Waals surface area (Å²) in [6.45, 7) is 1.39. The van der Waals surface area contributed by atoms with Crippen molar-refractivity contribution in [2.45, 2.75) is 6.10 Å². The minimum atomic E-state index is -0.466. The number of rotatable bonds is 4. The number of nitrogens with zero attached hydrogens (tertiary/aromatic N) is 4. The first-order valence-corrected chi connectivity index (χ1v) is 9.28. The first-order valence-electron chi connectivity index (χ1n) is 9.28. The summed E-state index contributed by atoms with van der Waals surface area (Å²) in [6.07, 6.45) is 2.97. The van der Waals surface area contributed by atoms with Gasteiger partial charge in [-0.25, -0.2) is 4.98 Å². The molecule has 1 fully saturated rings. The normalized spacial score (nSPS) is 16.6. The second-order valence-electron chi connectivity index (χ2n) is 6.90. The number of hydrogen-bond acceptors (Lipinski definition) is 5. The van der Waals surface area contributed by atoms with Crippen molar-refractivity contribution in [1.82, 2.24) is 19.7 Å². The zero-order valence-electron chi connectivity index (χ0n) is 16.0. The monoisotopic (exact) mass is 391 g/mol. The Morgan fingerprint density at radius 2 is 1.93 bits per heavy atom. The largest absolute Gasteiger partial charge is 0.368 e. The Balaban J connectivity index is 1.53. The van der Waals surface area contributed by atoms with Gasteiger partial charge in [0.1, 0.15) is 6.10 Å². The van der Waals surface area contributed by atoms with E-state index in [1.165, 1.54) is 0 Å². The van der Waals surface area contributed by atoms with Crippen molar-refractivity contribution in [2.75, 3.05) is 19.7 Å². The number of aryl methyl sites for hydroxylation is 1. The van der Waals surface area contributed by atoms with Gasteiger partial charge in [0.2, 0.25) is 5.91 Å². The summed E-state index contributed by atoms with van der Waals surface area (Å²) < 4.78 is 7.50. The smallest absolute Gasteiger partial charge is 0.257 e. The third kappa shape index (κ3) is 4.02. The molecule has 0 saturated carbocycles. The van der Waals surface area contributed by atoms with Crippen LogP contribution in [0.25, 0.3) is 11.3 Å². The van der Waals surface area contributed by atoms with E-state index in [1.807, 2.05) is 30.3 Å². The molecule has 8 nitrogen and oxygen atoms in total. The second-order valence-corrected chi connectivity index (χ2v) is 6.90. The van der Waals surface area contributed by atoms with Crippen LogP contribution in [0.4, 0.5) is 0 Å². The number of benzene rings is 1. The molecule has 1 saturated heterocycles. The molecule has 1 aliphatic rings. The Kier molecular flexibility index (Phi) is 5.09. The van der Waals surface area contributed by atoms with Crippen LogP contribution in [0.1, 0.15) is 32.5 Å². The first-order chi connectivity index (χ1) is 14.0. The lowest BCUT2D eigenvalue weighted by Crippen LogP contribution is -2.42. The fourth-order valence-electron chi connectivity index (χ4n) is 3.32. The highest BCUT2D eigenvalue weighted by Crippen LogP contribution is 2.25. The van der Waals surface area contributed by atoms with E-state index in [1.54, 1.807) is 41.2 Å². The van der Waals surface area contributed by atoms with Crippen molar-refractivity contribution >= 4 is 11.8 Å². The standard InChI is InChI=1S/C21H21N5O3/c1-25-12-16(11-23-25)21(28)26-9-10-29-19(13-26)18-4-2-3-17(24-18)14-5-7-15(8-6-14)20(22)27/h2-8,11-12,19H,9-10,13H2,1H3,(H2,22,27)/t19-/m1/s1. The van der Waals surface area contributed by atoms with Gasteiger partial charge in [0.15, 0.2) is 0 Å². The van der Waals surface area contributed by atoms with Crippen LogP contribution >= 0.6 is 0 Å². The minimum Gasteiger partial charge on any atom is -0.368 e. The van der Waals surface area contributed by atoms with E-state index in [2.05, 4.69) is 5.10 Å². The van der Waals surface area contributed by atoms with Gasteiger partial charge in [0.05, 0.1) is 36.3 Å². The molecule has 0 bridgehead atoms. The molecule has 3 aromatic rings. The fraction of sp³-hybridized carbons (Fsp3) is 0.238. The molecule has 2 N–H and O–H groups in total. The number of primary amides is 1. The van der Waals surface area contributed by atoms with Gasteiger partial charge in [0.25, 0.3) is 5.91 Å². The summed E-state index contributed by atoms with van der Waals surface area (Å²) in [4.78, 5) is 30.5. The predicted octanol–water partition coefficient (Wildman–Crippen LogP) is 1.79. The van der Waals surface area contributed by atoms with Gasteiger partial charge in [0, 0.05) is 30.9 Å². The molecule has 0 aliphatic carbocycles. The number of nitrogens with two attached hydrogens (primary N) is 1. The van der Waals surface area contributed by atoms with E-state index in [-0.39, 0.29) is 12.0 Å². The highest BCUT2D eigenvalue weighted by atomic mass is 16.5.